The maximum atomic E-state index is 12.0. The van der Waals surface area contributed by atoms with Crippen molar-refractivity contribution in [3.8, 4) is 0 Å². The van der Waals surface area contributed by atoms with Gasteiger partial charge < -0.3 is 4.90 Å². The Hall–Kier alpha value is -1.31. The second-order valence-corrected chi connectivity index (χ2v) is 5.94. The van der Waals surface area contributed by atoms with Crippen molar-refractivity contribution >= 4 is 11.5 Å². The molecule has 0 saturated heterocycles. The minimum atomic E-state index is 0.222. The lowest BCUT2D eigenvalue weighted by Crippen LogP contribution is -2.34. The number of hydrogen-bond donors (Lipinski definition) is 0. The Morgan fingerprint density at radius 2 is 1.95 bits per heavy atom. The third-order valence-electron chi connectivity index (χ3n) is 4.31. The van der Waals surface area contributed by atoms with E-state index in [-0.39, 0.29) is 5.92 Å². The molecule has 0 heterocycles. The summed E-state index contributed by atoms with van der Waals surface area (Å²) in [5, 5.41) is 0. The highest BCUT2D eigenvalue weighted by molar-refractivity contribution is 5.82. The van der Waals surface area contributed by atoms with Crippen LogP contribution in [0.15, 0.2) is 24.3 Å². The van der Waals surface area contributed by atoms with Crippen molar-refractivity contribution in [2.24, 2.45) is 11.8 Å². The number of rotatable bonds is 4. The monoisotopic (exact) mass is 259 g/mol. The zero-order valence-electron chi connectivity index (χ0n) is 12.4. The van der Waals surface area contributed by atoms with Gasteiger partial charge in [-0.25, -0.2) is 0 Å². The number of hydrogen-bond acceptors (Lipinski definition) is 2. The molecular formula is C17H25NO. The number of Topliss-reactive ketones (excluding diaryl/α,β-unsaturated/α-hetero) is 1. The standard InChI is InChI=1S/C17H25NO/c1-4-14-6-8-16(9-7-14)18(3)12-15-11-13(2)5-10-17(15)19/h6-9,13,15H,4-5,10-12H2,1-3H3. The third-order valence-corrected chi connectivity index (χ3v) is 4.31. The molecule has 2 nitrogen and oxygen atoms in total. The van der Waals surface area contributed by atoms with E-state index in [1.807, 2.05) is 0 Å². The molecule has 2 unspecified atom stereocenters. The van der Waals surface area contributed by atoms with Gasteiger partial charge in [0.15, 0.2) is 0 Å². The highest BCUT2D eigenvalue weighted by Crippen LogP contribution is 2.27. The van der Waals surface area contributed by atoms with Crippen LogP contribution in [0.5, 0.6) is 0 Å². The van der Waals surface area contributed by atoms with E-state index in [1.165, 1.54) is 11.3 Å². The van der Waals surface area contributed by atoms with Crippen molar-refractivity contribution in [2.75, 3.05) is 18.5 Å². The Morgan fingerprint density at radius 3 is 2.58 bits per heavy atom. The summed E-state index contributed by atoms with van der Waals surface area (Å²) in [5.74, 6) is 1.37. The van der Waals surface area contributed by atoms with Crippen molar-refractivity contribution in [1.29, 1.82) is 0 Å². The van der Waals surface area contributed by atoms with Crippen molar-refractivity contribution in [3.05, 3.63) is 29.8 Å². The van der Waals surface area contributed by atoms with E-state index in [2.05, 4.69) is 50.1 Å². The zero-order valence-corrected chi connectivity index (χ0v) is 12.4. The maximum Gasteiger partial charge on any atom is 0.137 e. The lowest BCUT2D eigenvalue weighted by molar-refractivity contribution is -0.125. The number of carbonyl (C=O) groups is 1. The number of anilines is 1. The molecule has 1 aromatic rings. The van der Waals surface area contributed by atoms with Gasteiger partial charge >= 0.3 is 0 Å². The van der Waals surface area contributed by atoms with Crippen LogP contribution in [0.4, 0.5) is 5.69 Å². The first-order valence-electron chi connectivity index (χ1n) is 7.43. The topological polar surface area (TPSA) is 20.3 Å². The Bertz CT molecular complexity index is 423. The van der Waals surface area contributed by atoms with Gasteiger partial charge in [0.1, 0.15) is 5.78 Å². The smallest absolute Gasteiger partial charge is 0.137 e. The van der Waals surface area contributed by atoms with Crippen LogP contribution in [0.1, 0.15) is 38.7 Å². The van der Waals surface area contributed by atoms with E-state index in [9.17, 15) is 4.79 Å². The number of ketones is 1. The molecule has 0 radical (unpaired) electrons. The van der Waals surface area contributed by atoms with Crippen LogP contribution in [-0.4, -0.2) is 19.4 Å². The second-order valence-electron chi connectivity index (χ2n) is 5.94. The molecule has 2 rings (SSSR count). The van der Waals surface area contributed by atoms with Crippen molar-refractivity contribution in [1.82, 2.24) is 0 Å². The lowest BCUT2D eigenvalue weighted by Gasteiger charge is -2.30. The predicted molar refractivity (Wildman–Crippen MR) is 80.6 cm³/mol. The van der Waals surface area contributed by atoms with Crippen LogP contribution in [0, 0.1) is 11.8 Å². The fourth-order valence-electron chi connectivity index (χ4n) is 2.93. The fourth-order valence-corrected chi connectivity index (χ4v) is 2.93. The number of carbonyl (C=O) groups excluding carboxylic acids is 1. The summed E-state index contributed by atoms with van der Waals surface area (Å²) in [6.07, 6.45) is 3.97. The summed E-state index contributed by atoms with van der Waals surface area (Å²) < 4.78 is 0. The van der Waals surface area contributed by atoms with Gasteiger partial charge in [0.2, 0.25) is 0 Å². The fraction of sp³-hybridized carbons (Fsp3) is 0.588. The van der Waals surface area contributed by atoms with Crippen molar-refractivity contribution < 1.29 is 4.79 Å². The molecule has 19 heavy (non-hydrogen) atoms. The minimum Gasteiger partial charge on any atom is -0.374 e. The number of aryl methyl sites for hydroxylation is 1. The largest absolute Gasteiger partial charge is 0.374 e. The lowest BCUT2D eigenvalue weighted by atomic mass is 9.81. The molecule has 0 bridgehead atoms. The van der Waals surface area contributed by atoms with Crippen LogP contribution in [-0.2, 0) is 11.2 Å². The molecule has 1 saturated carbocycles. The van der Waals surface area contributed by atoms with Gasteiger partial charge in [-0.15, -0.1) is 0 Å². The first-order chi connectivity index (χ1) is 9.10. The molecular weight excluding hydrogens is 234 g/mol. The van der Waals surface area contributed by atoms with E-state index in [1.54, 1.807) is 0 Å². The van der Waals surface area contributed by atoms with Crippen LogP contribution in [0.25, 0.3) is 0 Å². The maximum absolute atomic E-state index is 12.0. The summed E-state index contributed by atoms with van der Waals surface area (Å²) in [4.78, 5) is 14.2. The zero-order chi connectivity index (χ0) is 13.8. The molecule has 2 heteroatoms. The average molecular weight is 259 g/mol. The van der Waals surface area contributed by atoms with Gasteiger partial charge in [-0.2, -0.15) is 0 Å². The molecule has 0 aliphatic heterocycles. The Labute approximate surface area is 116 Å². The summed E-state index contributed by atoms with van der Waals surface area (Å²) in [5.41, 5.74) is 2.57. The molecule has 1 aliphatic rings. The van der Waals surface area contributed by atoms with Crippen molar-refractivity contribution in [2.45, 2.75) is 39.5 Å². The Kier molecular flexibility index (Phi) is 4.62. The summed E-state index contributed by atoms with van der Waals surface area (Å²) in [7, 11) is 2.09. The third kappa shape index (κ3) is 3.59. The highest BCUT2D eigenvalue weighted by atomic mass is 16.1. The van der Waals surface area contributed by atoms with Crippen molar-refractivity contribution in [3.63, 3.8) is 0 Å². The number of benzene rings is 1. The number of nitrogens with zero attached hydrogens (tertiary/aromatic N) is 1. The molecule has 0 aromatic heterocycles. The van der Waals surface area contributed by atoms with Crippen LogP contribution < -0.4 is 4.90 Å². The molecule has 2 atom stereocenters. The Balaban J connectivity index is 1.99. The molecule has 1 fully saturated rings. The SMILES string of the molecule is CCc1ccc(N(C)CC2CC(C)CCC2=O)cc1. The van der Waals surface area contributed by atoms with E-state index in [0.29, 0.717) is 11.7 Å². The summed E-state index contributed by atoms with van der Waals surface area (Å²) in [6.45, 7) is 5.28. The molecule has 0 amide bonds. The molecule has 104 valence electrons. The van der Waals surface area contributed by atoms with Gasteiger partial charge in [0, 0.05) is 31.6 Å². The first-order valence-corrected chi connectivity index (χ1v) is 7.43. The summed E-state index contributed by atoms with van der Waals surface area (Å²) >= 11 is 0. The Morgan fingerprint density at radius 1 is 1.26 bits per heavy atom. The summed E-state index contributed by atoms with van der Waals surface area (Å²) in [6, 6.07) is 8.68. The molecule has 0 N–H and O–H groups in total. The van der Waals surface area contributed by atoms with Gasteiger partial charge in [-0.05, 0) is 42.9 Å². The van der Waals surface area contributed by atoms with Gasteiger partial charge in [-0.3, -0.25) is 4.79 Å². The quantitative estimate of drug-likeness (QED) is 0.822. The highest BCUT2D eigenvalue weighted by Gasteiger charge is 2.27. The normalized spacial score (nSPS) is 23.4. The van der Waals surface area contributed by atoms with Gasteiger partial charge in [0.25, 0.3) is 0 Å². The van der Waals surface area contributed by atoms with E-state index >= 15 is 0 Å². The van der Waals surface area contributed by atoms with Crippen LogP contribution in [0.2, 0.25) is 0 Å². The van der Waals surface area contributed by atoms with E-state index in [0.717, 1.165) is 32.2 Å². The predicted octanol–water partition coefficient (Wildman–Crippen LogP) is 3.69. The van der Waals surface area contributed by atoms with E-state index in [4.69, 9.17) is 0 Å². The van der Waals surface area contributed by atoms with Gasteiger partial charge in [0.05, 0.1) is 0 Å². The van der Waals surface area contributed by atoms with Crippen LogP contribution >= 0.6 is 0 Å². The molecule has 1 aliphatic carbocycles. The molecule has 0 spiro atoms. The van der Waals surface area contributed by atoms with Gasteiger partial charge in [-0.1, -0.05) is 26.0 Å². The first kappa shape index (κ1) is 14.1. The molecule has 1 aromatic carbocycles. The second kappa shape index (κ2) is 6.23. The minimum absolute atomic E-state index is 0.222. The van der Waals surface area contributed by atoms with E-state index < -0.39 is 0 Å². The average Bonchev–Trinajstić information content (AvgIpc) is 2.43. The van der Waals surface area contributed by atoms with Crippen LogP contribution in [0.3, 0.4) is 0 Å².